The summed E-state index contributed by atoms with van der Waals surface area (Å²) in [5.74, 6) is -2.30. The van der Waals surface area contributed by atoms with Gasteiger partial charge < -0.3 is 9.47 Å². The molecule has 1 aromatic carbocycles. The first kappa shape index (κ1) is 17.7. The summed E-state index contributed by atoms with van der Waals surface area (Å²) in [6.07, 6.45) is 0. The van der Waals surface area contributed by atoms with Crippen molar-refractivity contribution in [2.45, 2.75) is 27.3 Å². The fraction of sp³-hybridized carbons (Fsp3) is 0.375. The topological polar surface area (TPSA) is 73.3 Å². The van der Waals surface area contributed by atoms with Gasteiger partial charge in [0.25, 0.3) is 5.56 Å². The van der Waals surface area contributed by atoms with E-state index in [0.29, 0.717) is 0 Å². The first-order valence-corrected chi connectivity index (χ1v) is 7.46. The van der Waals surface area contributed by atoms with Gasteiger partial charge in [0.15, 0.2) is 0 Å². The van der Waals surface area contributed by atoms with Crippen LogP contribution >= 0.6 is 0 Å². The van der Waals surface area contributed by atoms with E-state index >= 15 is 0 Å². The Kier molecular flexibility index (Phi) is 5.38. The van der Waals surface area contributed by atoms with Crippen LogP contribution in [-0.4, -0.2) is 29.0 Å². The lowest BCUT2D eigenvalue weighted by Crippen LogP contribution is -2.20. The summed E-state index contributed by atoms with van der Waals surface area (Å²) < 4.78 is 39.0. The molecule has 2 aromatic rings. The molecule has 24 heavy (non-hydrogen) atoms. The lowest BCUT2D eigenvalue weighted by molar-refractivity contribution is 0.0517. The first-order valence-electron chi connectivity index (χ1n) is 7.46. The third-order valence-corrected chi connectivity index (χ3v) is 3.41. The number of rotatable bonds is 6. The molecule has 0 spiro atoms. The molecule has 0 aliphatic carbocycles. The van der Waals surface area contributed by atoms with Gasteiger partial charge in [0.05, 0.1) is 19.8 Å². The zero-order chi connectivity index (χ0) is 17.9. The smallest absolute Gasteiger partial charge is 0.356 e. The summed E-state index contributed by atoms with van der Waals surface area (Å²) in [5.41, 5.74) is -0.767. The molecule has 0 atom stereocenters. The fourth-order valence-corrected chi connectivity index (χ4v) is 2.23. The van der Waals surface area contributed by atoms with Crippen molar-refractivity contribution in [1.82, 2.24) is 9.78 Å². The zero-order valence-electron chi connectivity index (χ0n) is 13.6. The quantitative estimate of drug-likeness (QED) is 0.820. The number of aromatic amines is 1. The number of hydrogen-bond donors (Lipinski definition) is 1. The summed E-state index contributed by atoms with van der Waals surface area (Å²) in [6.45, 7) is 4.80. The number of ether oxygens (including phenoxy) is 2. The van der Waals surface area contributed by atoms with Crippen molar-refractivity contribution in [3.05, 3.63) is 50.9 Å². The molecule has 0 aliphatic heterocycles. The number of aromatic nitrogens is 2. The van der Waals surface area contributed by atoms with Gasteiger partial charge in [0.1, 0.15) is 23.1 Å². The van der Waals surface area contributed by atoms with E-state index in [1.165, 1.54) is 6.92 Å². The Morgan fingerprint density at radius 3 is 2.38 bits per heavy atom. The van der Waals surface area contributed by atoms with Gasteiger partial charge in [-0.1, -0.05) is 0 Å². The molecule has 0 saturated heterocycles. The minimum Gasteiger partial charge on any atom is -0.494 e. The second-order valence-electron chi connectivity index (χ2n) is 5.02. The standard InChI is InChI=1S/C16H18F2N2O4/c1-4-23-10-6-12(17)11(13(18)7-10)8-20-15(21)9(3)14(19-20)16(22)24-5-2/h6-7,19H,4-5,8H2,1-3H3. The van der Waals surface area contributed by atoms with Gasteiger partial charge in [-0.15, -0.1) is 0 Å². The summed E-state index contributed by atoms with van der Waals surface area (Å²) in [4.78, 5) is 23.9. The number of hydrogen-bond acceptors (Lipinski definition) is 4. The van der Waals surface area contributed by atoms with Crippen LogP contribution in [0.5, 0.6) is 5.75 Å². The number of carbonyl (C=O) groups is 1. The van der Waals surface area contributed by atoms with Crippen molar-refractivity contribution in [2.75, 3.05) is 13.2 Å². The Labute approximate surface area is 137 Å². The molecule has 130 valence electrons. The normalized spacial score (nSPS) is 10.7. The Hall–Kier alpha value is -2.64. The van der Waals surface area contributed by atoms with E-state index < -0.39 is 23.2 Å². The molecule has 0 saturated carbocycles. The Morgan fingerprint density at radius 2 is 1.83 bits per heavy atom. The van der Waals surface area contributed by atoms with E-state index in [0.717, 1.165) is 16.8 Å². The molecule has 0 fully saturated rings. The van der Waals surface area contributed by atoms with Crippen molar-refractivity contribution in [1.29, 1.82) is 0 Å². The highest BCUT2D eigenvalue weighted by atomic mass is 19.1. The SMILES string of the molecule is CCOC(=O)c1[nH]n(Cc2c(F)cc(OCC)cc2F)c(=O)c1C. The van der Waals surface area contributed by atoms with E-state index in [2.05, 4.69) is 5.10 Å². The number of nitrogens with zero attached hydrogens (tertiary/aromatic N) is 1. The Bertz CT molecular complexity index is 788. The monoisotopic (exact) mass is 340 g/mol. The molecular formula is C16H18F2N2O4. The van der Waals surface area contributed by atoms with Crippen molar-refractivity contribution in [3.8, 4) is 5.75 Å². The molecule has 0 radical (unpaired) electrons. The van der Waals surface area contributed by atoms with Crippen molar-refractivity contribution >= 4 is 5.97 Å². The van der Waals surface area contributed by atoms with Gasteiger partial charge >= 0.3 is 5.97 Å². The average Bonchev–Trinajstić information content (AvgIpc) is 2.80. The second kappa shape index (κ2) is 7.29. The number of halogens is 2. The average molecular weight is 340 g/mol. The molecule has 0 amide bonds. The summed E-state index contributed by atoms with van der Waals surface area (Å²) in [6, 6.07) is 2.10. The van der Waals surface area contributed by atoms with Gasteiger partial charge in [-0.2, -0.15) is 0 Å². The predicted octanol–water partition coefficient (Wildman–Crippen LogP) is 2.39. The molecule has 1 heterocycles. The van der Waals surface area contributed by atoms with Crippen LogP contribution in [0.15, 0.2) is 16.9 Å². The van der Waals surface area contributed by atoms with Crippen LogP contribution in [0.25, 0.3) is 0 Å². The fourth-order valence-electron chi connectivity index (χ4n) is 2.23. The van der Waals surface area contributed by atoms with Crippen molar-refractivity contribution in [3.63, 3.8) is 0 Å². The van der Waals surface area contributed by atoms with Crippen LogP contribution in [-0.2, 0) is 11.3 Å². The lowest BCUT2D eigenvalue weighted by Gasteiger charge is -2.09. The van der Waals surface area contributed by atoms with E-state index in [4.69, 9.17) is 9.47 Å². The maximum Gasteiger partial charge on any atom is 0.356 e. The highest BCUT2D eigenvalue weighted by molar-refractivity contribution is 5.88. The van der Waals surface area contributed by atoms with Crippen molar-refractivity contribution in [2.24, 2.45) is 0 Å². The van der Waals surface area contributed by atoms with Crippen LogP contribution in [0.4, 0.5) is 8.78 Å². The van der Waals surface area contributed by atoms with Crippen LogP contribution < -0.4 is 10.3 Å². The first-order chi connectivity index (χ1) is 11.4. The predicted molar refractivity (Wildman–Crippen MR) is 82.4 cm³/mol. The summed E-state index contributed by atoms with van der Waals surface area (Å²) >= 11 is 0. The third-order valence-electron chi connectivity index (χ3n) is 3.41. The third kappa shape index (κ3) is 3.47. The molecule has 0 bridgehead atoms. The maximum absolute atomic E-state index is 14.1. The highest BCUT2D eigenvalue weighted by Crippen LogP contribution is 2.21. The van der Waals surface area contributed by atoms with Gasteiger partial charge in [-0.05, 0) is 20.8 Å². The zero-order valence-corrected chi connectivity index (χ0v) is 13.6. The van der Waals surface area contributed by atoms with Crippen LogP contribution in [0.3, 0.4) is 0 Å². The number of benzene rings is 1. The minimum absolute atomic E-state index is 0.0337. The number of esters is 1. The summed E-state index contributed by atoms with van der Waals surface area (Å²) in [5, 5.41) is 2.54. The molecule has 2 rings (SSSR count). The van der Waals surface area contributed by atoms with Gasteiger partial charge in [0, 0.05) is 23.3 Å². The minimum atomic E-state index is -0.838. The largest absolute Gasteiger partial charge is 0.494 e. The molecule has 0 unspecified atom stereocenters. The second-order valence-corrected chi connectivity index (χ2v) is 5.02. The number of H-pyrrole nitrogens is 1. The van der Waals surface area contributed by atoms with Gasteiger partial charge in [0.2, 0.25) is 0 Å². The van der Waals surface area contributed by atoms with E-state index in [9.17, 15) is 18.4 Å². The van der Waals surface area contributed by atoms with E-state index in [1.54, 1.807) is 13.8 Å². The van der Waals surface area contributed by atoms with Crippen molar-refractivity contribution < 1.29 is 23.0 Å². The van der Waals surface area contributed by atoms with Gasteiger partial charge in [-0.3, -0.25) is 9.89 Å². The molecule has 1 aromatic heterocycles. The summed E-state index contributed by atoms with van der Waals surface area (Å²) in [7, 11) is 0. The maximum atomic E-state index is 14.1. The molecule has 1 N–H and O–H groups in total. The molecule has 0 aliphatic rings. The molecular weight excluding hydrogens is 322 g/mol. The van der Waals surface area contributed by atoms with Crippen LogP contribution in [0.2, 0.25) is 0 Å². The van der Waals surface area contributed by atoms with E-state index in [-0.39, 0.29) is 42.3 Å². The van der Waals surface area contributed by atoms with Crippen LogP contribution in [0, 0.1) is 18.6 Å². The molecule has 6 nitrogen and oxygen atoms in total. The Balaban J connectivity index is 2.37. The van der Waals surface area contributed by atoms with Crippen LogP contribution in [0.1, 0.15) is 35.5 Å². The number of carbonyl (C=O) groups excluding carboxylic acids is 1. The molecule has 8 heteroatoms. The Morgan fingerprint density at radius 1 is 1.21 bits per heavy atom. The number of nitrogens with one attached hydrogen (secondary N) is 1. The van der Waals surface area contributed by atoms with Gasteiger partial charge in [-0.25, -0.2) is 18.3 Å². The lowest BCUT2D eigenvalue weighted by atomic mass is 10.2. The highest BCUT2D eigenvalue weighted by Gasteiger charge is 2.20. The van der Waals surface area contributed by atoms with E-state index in [1.807, 2.05) is 0 Å².